The number of rotatable bonds is 5. The van der Waals surface area contributed by atoms with E-state index in [2.05, 4.69) is 0 Å². The SMILES string of the molecule is CN(CC1(CN)CC1)S(=O)(=O)c1cccs1. The molecule has 6 heteroatoms. The molecule has 0 aliphatic heterocycles. The molecule has 0 radical (unpaired) electrons. The van der Waals surface area contributed by atoms with Crippen molar-refractivity contribution >= 4 is 21.4 Å². The second-order valence-electron chi connectivity index (χ2n) is 4.40. The third-order valence-electron chi connectivity index (χ3n) is 3.11. The van der Waals surface area contributed by atoms with Gasteiger partial charge in [-0.3, -0.25) is 0 Å². The summed E-state index contributed by atoms with van der Waals surface area (Å²) in [4.78, 5) is 0. The number of sulfonamides is 1. The first-order valence-electron chi connectivity index (χ1n) is 5.20. The van der Waals surface area contributed by atoms with E-state index < -0.39 is 10.0 Å². The molecule has 0 spiro atoms. The molecule has 2 N–H and O–H groups in total. The summed E-state index contributed by atoms with van der Waals surface area (Å²) in [5.74, 6) is 0. The first kappa shape index (κ1) is 12.0. The van der Waals surface area contributed by atoms with Gasteiger partial charge in [-0.15, -0.1) is 11.3 Å². The fourth-order valence-corrected chi connectivity index (χ4v) is 4.21. The van der Waals surface area contributed by atoms with Crippen LogP contribution in [0.5, 0.6) is 0 Å². The Morgan fingerprint density at radius 1 is 1.56 bits per heavy atom. The molecule has 16 heavy (non-hydrogen) atoms. The number of nitrogens with zero attached hydrogens (tertiary/aromatic N) is 1. The van der Waals surface area contributed by atoms with E-state index in [1.807, 2.05) is 0 Å². The summed E-state index contributed by atoms with van der Waals surface area (Å²) in [6.07, 6.45) is 2.07. The molecule has 1 aliphatic carbocycles. The van der Waals surface area contributed by atoms with Crippen molar-refractivity contribution < 1.29 is 8.42 Å². The Morgan fingerprint density at radius 2 is 2.25 bits per heavy atom. The average molecular weight is 260 g/mol. The molecule has 1 heterocycles. The molecule has 0 bridgehead atoms. The van der Waals surface area contributed by atoms with Crippen molar-refractivity contribution in [1.82, 2.24) is 4.31 Å². The van der Waals surface area contributed by atoms with E-state index >= 15 is 0 Å². The third-order valence-corrected chi connectivity index (χ3v) is 6.28. The van der Waals surface area contributed by atoms with E-state index in [-0.39, 0.29) is 5.41 Å². The number of thiophene rings is 1. The van der Waals surface area contributed by atoms with Gasteiger partial charge in [-0.1, -0.05) is 6.07 Å². The van der Waals surface area contributed by atoms with Gasteiger partial charge in [0.2, 0.25) is 0 Å². The molecule has 1 fully saturated rings. The van der Waals surface area contributed by atoms with E-state index in [0.29, 0.717) is 17.3 Å². The minimum atomic E-state index is -3.30. The van der Waals surface area contributed by atoms with Gasteiger partial charge in [0.1, 0.15) is 4.21 Å². The minimum Gasteiger partial charge on any atom is -0.330 e. The van der Waals surface area contributed by atoms with Gasteiger partial charge in [-0.25, -0.2) is 8.42 Å². The van der Waals surface area contributed by atoms with Gasteiger partial charge in [0.05, 0.1) is 0 Å². The maximum absolute atomic E-state index is 12.1. The monoisotopic (exact) mass is 260 g/mol. The lowest BCUT2D eigenvalue weighted by molar-refractivity contribution is 0.372. The molecule has 4 nitrogen and oxygen atoms in total. The predicted octanol–water partition coefficient (Wildman–Crippen LogP) is 1.11. The van der Waals surface area contributed by atoms with Crippen LogP contribution < -0.4 is 5.73 Å². The first-order valence-corrected chi connectivity index (χ1v) is 7.52. The van der Waals surface area contributed by atoms with Crippen LogP contribution in [0.3, 0.4) is 0 Å². The number of nitrogens with two attached hydrogens (primary N) is 1. The molecule has 0 saturated heterocycles. The molecule has 1 saturated carbocycles. The zero-order valence-electron chi connectivity index (χ0n) is 9.22. The molecule has 2 rings (SSSR count). The van der Waals surface area contributed by atoms with Crippen LogP contribution in [-0.4, -0.2) is 32.9 Å². The van der Waals surface area contributed by atoms with Crippen molar-refractivity contribution in [2.24, 2.45) is 11.1 Å². The van der Waals surface area contributed by atoms with Crippen LogP contribution in [-0.2, 0) is 10.0 Å². The Bertz CT molecular complexity index is 449. The van der Waals surface area contributed by atoms with Gasteiger partial charge >= 0.3 is 0 Å². The third kappa shape index (κ3) is 2.15. The molecule has 90 valence electrons. The van der Waals surface area contributed by atoms with E-state index in [1.54, 1.807) is 24.6 Å². The lowest BCUT2D eigenvalue weighted by Crippen LogP contribution is -2.35. The smallest absolute Gasteiger partial charge is 0.252 e. The predicted molar refractivity (Wildman–Crippen MR) is 64.9 cm³/mol. The fourth-order valence-electron chi connectivity index (χ4n) is 1.72. The molecule has 1 aromatic heterocycles. The summed E-state index contributed by atoms with van der Waals surface area (Å²) in [6, 6.07) is 3.39. The van der Waals surface area contributed by atoms with Crippen LogP contribution in [0.25, 0.3) is 0 Å². The first-order chi connectivity index (χ1) is 7.50. The molecular weight excluding hydrogens is 244 g/mol. The summed E-state index contributed by atoms with van der Waals surface area (Å²) >= 11 is 1.25. The average Bonchev–Trinajstić information content (AvgIpc) is 2.81. The van der Waals surface area contributed by atoms with Crippen molar-refractivity contribution in [3.63, 3.8) is 0 Å². The van der Waals surface area contributed by atoms with Gasteiger partial charge in [0, 0.05) is 13.6 Å². The highest BCUT2D eigenvalue weighted by molar-refractivity contribution is 7.91. The summed E-state index contributed by atoms with van der Waals surface area (Å²) in [5.41, 5.74) is 5.70. The Kier molecular flexibility index (Phi) is 3.09. The molecule has 0 amide bonds. The summed E-state index contributed by atoms with van der Waals surface area (Å²) in [6.45, 7) is 1.10. The zero-order valence-corrected chi connectivity index (χ0v) is 10.9. The van der Waals surface area contributed by atoms with Crippen LogP contribution in [0.2, 0.25) is 0 Å². The van der Waals surface area contributed by atoms with Crippen molar-refractivity contribution in [2.45, 2.75) is 17.1 Å². The molecule has 0 unspecified atom stereocenters. The van der Waals surface area contributed by atoms with E-state index in [0.717, 1.165) is 12.8 Å². The Hall–Kier alpha value is -0.430. The van der Waals surface area contributed by atoms with Gasteiger partial charge in [0.15, 0.2) is 0 Å². The van der Waals surface area contributed by atoms with E-state index in [4.69, 9.17) is 5.73 Å². The number of hydrogen-bond donors (Lipinski definition) is 1. The van der Waals surface area contributed by atoms with Gasteiger partial charge in [0.25, 0.3) is 10.0 Å². The maximum Gasteiger partial charge on any atom is 0.252 e. The highest BCUT2D eigenvalue weighted by Gasteiger charge is 2.44. The highest BCUT2D eigenvalue weighted by Crippen LogP contribution is 2.45. The molecule has 1 aromatic rings. The van der Waals surface area contributed by atoms with E-state index in [1.165, 1.54) is 15.6 Å². The van der Waals surface area contributed by atoms with Crippen molar-refractivity contribution in [3.05, 3.63) is 17.5 Å². The van der Waals surface area contributed by atoms with Gasteiger partial charge < -0.3 is 5.73 Å². The maximum atomic E-state index is 12.1. The molecular formula is C10H16N2O2S2. The molecule has 0 atom stereocenters. The normalized spacial score (nSPS) is 18.9. The highest BCUT2D eigenvalue weighted by atomic mass is 32.2. The summed E-state index contributed by atoms with van der Waals surface area (Å²) < 4.78 is 26.1. The van der Waals surface area contributed by atoms with Crippen molar-refractivity contribution in [1.29, 1.82) is 0 Å². The second kappa shape index (κ2) is 4.10. The minimum absolute atomic E-state index is 0.0408. The lowest BCUT2D eigenvalue weighted by atomic mass is 10.1. The van der Waals surface area contributed by atoms with Crippen LogP contribution in [0, 0.1) is 5.41 Å². The Morgan fingerprint density at radius 3 is 2.69 bits per heavy atom. The van der Waals surface area contributed by atoms with Gasteiger partial charge in [-0.2, -0.15) is 4.31 Å². The lowest BCUT2D eigenvalue weighted by Gasteiger charge is -2.21. The van der Waals surface area contributed by atoms with Crippen LogP contribution in [0.4, 0.5) is 0 Å². The Labute approximate surface area is 100 Å². The van der Waals surface area contributed by atoms with Crippen LogP contribution in [0.15, 0.2) is 21.7 Å². The van der Waals surface area contributed by atoms with Crippen LogP contribution >= 0.6 is 11.3 Å². The van der Waals surface area contributed by atoms with Crippen molar-refractivity contribution in [3.8, 4) is 0 Å². The standard InChI is InChI=1S/C10H16N2O2S2/c1-12(8-10(7-11)4-5-10)16(13,14)9-3-2-6-15-9/h2-3,6H,4-5,7-8,11H2,1H3. The number of hydrogen-bond acceptors (Lipinski definition) is 4. The van der Waals surface area contributed by atoms with Gasteiger partial charge in [-0.05, 0) is 36.2 Å². The van der Waals surface area contributed by atoms with Crippen molar-refractivity contribution in [2.75, 3.05) is 20.1 Å². The zero-order chi connectivity index (χ0) is 11.8. The summed E-state index contributed by atoms with van der Waals surface area (Å²) in [5, 5.41) is 1.77. The molecule has 1 aliphatic rings. The topological polar surface area (TPSA) is 63.4 Å². The second-order valence-corrected chi connectivity index (χ2v) is 7.62. The Balaban J connectivity index is 2.13. The quantitative estimate of drug-likeness (QED) is 0.862. The van der Waals surface area contributed by atoms with E-state index in [9.17, 15) is 8.42 Å². The fraction of sp³-hybridized carbons (Fsp3) is 0.600. The molecule has 0 aromatic carbocycles. The largest absolute Gasteiger partial charge is 0.330 e. The summed E-state index contributed by atoms with van der Waals surface area (Å²) in [7, 11) is -1.67. The van der Waals surface area contributed by atoms with Crippen LogP contribution in [0.1, 0.15) is 12.8 Å².